The van der Waals surface area contributed by atoms with Crippen molar-refractivity contribution in [3.63, 3.8) is 0 Å². The van der Waals surface area contributed by atoms with Gasteiger partial charge in [-0.2, -0.15) is 0 Å². The summed E-state index contributed by atoms with van der Waals surface area (Å²) in [6.45, 7) is 10.4. The van der Waals surface area contributed by atoms with Gasteiger partial charge in [0.15, 0.2) is 0 Å². The van der Waals surface area contributed by atoms with E-state index in [0.29, 0.717) is 25.4 Å². The molecule has 1 aliphatic rings. The van der Waals surface area contributed by atoms with Crippen LogP contribution in [0.3, 0.4) is 0 Å². The van der Waals surface area contributed by atoms with Crippen molar-refractivity contribution in [3.8, 4) is 5.75 Å². The monoisotopic (exact) mass is 386 g/mol. The van der Waals surface area contributed by atoms with E-state index in [0.717, 1.165) is 23.4 Å². The molecule has 0 unspecified atom stereocenters. The summed E-state index contributed by atoms with van der Waals surface area (Å²) in [5.41, 5.74) is 3.46. The number of nitrogens with one attached hydrogen (secondary N) is 1. The Kier molecular flexibility index (Phi) is 6.28. The van der Waals surface area contributed by atoms with E-state index in [9.17, 15) is 4.79 Å². The summed E-state index contributed by atoms with van der Waals surface area (Å²) in [6, 6.07) is 4.11. The number of ether oxygens (including phenoxy) is 1. The Hall–Kier alpha value is -2.48. The van der Waals surface area contributed by atoms with Gasteiger partial charge in [0, 0.05) is 19.6 Å². The van der Waals surface area contributed by atoms with Gasteiger partial charge in [-0.1, -0.05) is 19.9 Å². The molecule has 1 N–H and O–H groups in total. The van der Waals surface area contributed by atoms with E-state index in [4.69, 9.17) is 4.74 Å². The van der Waals surface area contributed by atoms with E-state index in [1.165, 1.54) is 5.56 Å². The molecule has 28 heavy (non-hydrogen) atoms. The zero-order valence-electron chi connectivity index (χ0n) is 17.3. The van der Waals surface area contributed by atoms with Crippen molar-refractivity contribution in [1.29, 1.82) is 0 Å². The van der Waals surface area contributed by atoms with Crippen LogP contribution in [-0.4, -0.2) is 57.3 Å². The van der Waals surface area contributed by atoms with E-state index in [1.807, 2.05) is 6.92 Å². The van der Waals surface area contributed by atoms with Crippen LogP contribution in [0.1, 0.15) is 43.0 Å². The number of carbonyl (C=O) groups is 1. The minimum Gasteiger partial charge on any atom is -0.496 e. The summed E-state index contributed by atoms with van der Waals surface area (Å²) < 4.78 is 7.19. The van der Waals surface area contributed by atoms with Crippen molar-refractivity contribution < 1.29 is 9.53 Å². The highest BCUT2D eigenvalue weighted by Gasteiger charge is 2.38. The first-order valence-electron chi connectivity index (χ1n) is 9.77. The van der Waals surface area contributed by atoms with Gasteiger partial charge in [0.05, 0.1) is 19.2 Å². The largest absolute Gasteiger partial charge is 0.496 e. The quantitative estimate of drug-likeness (QED) is 0.782. The standard InChI is InChI=1S/C20H30N6O2/c1-13(2)9-21-20(27)18-8-17(26-12-22-23-24-26)11-25(18)10-16-6-15(4)19(28-5)7-14(16)3/h6-7,12-13,17-18H,8-11H2,1-5H3,(H,21,27)/t17-,18+/m1/s1. The minimum absolute atomic E-state index is 0.0761. The van der Waals surface area contributed by atoms with Crippen molar-refractivity contribution in [2.45, 2.75) is 52.7 Å². The highest BCUT2D eigenvalue weighted by molar-refractivity contribution is 5.82. The normalized spacial score (nSPS) is 19.9. The van der Waals surface area contributed by atoms with Crippen LogP contribution in [0, 0.1) is 19.8 Å². The zero-order valence-corrected chi connectivity index (χ0v) is 17.3. The van der Waals surface area contributed by atoms with Gasteiger partial charge >= 0.3 is 0 Å². The number of benzene rings is 1. The zero-order chi connectivity index (χ0) is 20.3. The highest BCUT2D eigenvalue weighted by Crippen LogP contribution is 2.30. The second-order valence-electron chi connectivity index (χ2n) is 8.01. The summed E-state index contributed by atoms with van der Waals surface area (Å²) in [5, 5.41) is 14.6. The molecule has 8 nitrogen and oxygen atoms in total. The number of aromatic nitrogens is 4. The Morgan fingerprint density at radius 1 is 1.32 bits per heavy atom. The first-order chi connectivity index (χ1) is 13.4. The first kappa shape index (κ1) is 20.3. The Balaban J connectivity index is 1.81. The fraction of sp³-hybridized carbons (Fsp3) is 0.600. The van der Waals surface area contributed by atoms with E-state index in [1.54, 1.807) is 18.1 Å². The minimum atomic E-state index is -0.199. The average Bonchev–Trinajstić information content (AvgIpc) is 3.32. The molecule has 0 aliphatic carbocycles. The highest BCUT2D eigenvalue weighted by atomic mass is 16.5. The molecule has 0 spiro atoms. The van der Waals surface area contributed by atoms with Crippen molar-refractivity contribution in [2.75, 3.05) is 20.2 Å². The molecule has 0 saturated carbocycles. The molecule has 1 amide bonds. The molecule has 1 aromatic heterocycles. The predicted octanol–water partition coefficient (Wildman–Crippen LogP) is 1.89. The Morgan fingerprint density at radius 2 is 2.11 bits per heavy atom. The maximum Gasteiger partial charge on any atom is 0.237 e. The van der Waals surface area contributed by atoms with Gasteiger partial charge in [-0.25, -0.2) is 4.68 Å². The number of carbonyl (C=O) groups excluding carboxylic acids is 1. The smallest absolute Gasteiger partial charge is 0.237 e. The number of nitrogens with zero attached hydrogens (tertiary/aromatic N) is 5. The van der Waals surface area contributed by atoms with Crippen LogP contribution in [0.25, 0.3) is 0 Å². The number of likely N-dealkylation sites (tertiary alicyclic amines) is 1. The maximum absolute atomic E-state index is 12.9. The van der Waals surface area contributed by atoms with E-state index in [-0.39, 0.29) is 18.0 Å². The fourth-order valence-corrected chi connectivity index (χ4v) is 3.74. The SMILES string of the molecule is COc1cc(C)c(CN2C[C@H](n3cnnn3)C[C@H]2C(=O)NCC(C)C)cc1C. The third kappa shape index (κ3) is 4.49. The van der Waals surface area contributed by atoms with Crippen molar-refractivity contribution in [3.05, 3.63) is 35.2 Å². The van der Waals surface area contributed by atoms with Gasteiger partial charge in [0.1, 0.15) is 12.1 Å². The second kappa shape index (κ2) is 8.68. The molecular weight excluding hydrogens is 356 g/mol. The molecule has 3 rings (SSSR count). The van der Waals surface area contributed by atoms with Gasteiger partial charge in [0.2, 0.25) is 5.91 Å². The third-order valence-electron chi connectivity index (χ3n) is 5.33. The van der Waals surface area contributed by atoms with E-state index < -0.39 is 0 Å². The van der Waals surface area contributed by atoms with Gasteiger partial charge in [-0.05, 0) is 59.4 Å². The lowest BCUT2D eigenvalue weighted by Crippen LogP contribution is -2.44. The molecule has 0 bridgehead atoms. The lowest BCUT2D eigenvalue weighted by molar-refractivity contribution is -0.125. The third-order valence-corrected chi connectivity index (χ3v) is 5.33. The van der Waals surface area contributed by atoms with Gasteiger partial charge < -0.3 is 10.1 Å². The molecule has 1 aromatic carbocycles. The van der Waals surface area contributed by atoms with Crippen LogP contribution in [0.15, 0.2) is 18.5 Å². The lowest BCUT2D eigenvalue weighted by Gasteiger charge is -2.25. The summed E-state index contributed by atoms with van der Waals surface area (Å²) in [4.78, 5) is 15.1. The number of tetrazole rings is 1. The number of methoxy groups -OCH3 is 1. The molecule has 1 saturated heterocycles. The number of aryl methyl sites for hydroxylation is 2. The van der Waals surface area contributed by atoms with Gasteiger partial charge in [-0.3, -0.25) is 9.69 Å². The molecule has 2 atom stereocenters. The number of hydrogen-bond donors (Lipinski definition) is 1. The summed E-state index contributed by atoms with van der Waals surface area (Å²) >= 11 is 0. The molecule has 1 aliphatic heterocycles. The van der Waals surface area contributed by atoms with Crippen molar-refractivity contribution in [2.24, 2.45) is 5.92 Å². The number of rotatable bonds is 7. The van der Waals surface area contributed by atoms with Crippen LogP contribution in [0.4, 0.5) is 0 Å². The van der Waals surface area contributed by atoms with Crippen LogP contribution >= 0.6 is 0 Å². The van der Waals surface area contributed by atoms with Crippen molar-refractivity contribution >= 4 is 5.91 Å². The van der Waals surface area contributed by atoms with E-state index >= 15 is 0 Å². The van der Waals surface area contributed by atoms with Crippen LogP contribution in [-0.2, 0) is 11.3 Å². The molecule has 152 valence electrons. The van der Waals surface area contributed by atoms with Gasteiger partial charge in [-0.15, -0.1) is 5.10 Å². The Morgan fingerprint density at radius 3 is 2.75 bits per heavy atom. The summed E-state index contributed by atoms with van der Waals surface area (Å²) in [7, 11) is 1.69. The van der Waals surface area contributed by atoms with Crippen LogP contribution < -0.4 is 10.1 Å². The van der Waals surface area contributed by atoms with Crippen LogP contribution in [0.5, 0.6) is 5.75 Å². The molecule has 1 fully saturated rings. The fourth-order valence-electron chi connectivity index (χ4n) is 3.74. The summed E-state index contributed by atoms with van der Waals surface area (Å²) in [5.74, 6) is 1.38. The molecule has 8 heteroatoms. The molecule has 2 heterocycles. The Labute approximate surface area is 166 Å². The number of hydrogen-bond acceptors (Lipinski definition) is 6. The second-order valence-corrected chi connectivity index (χ2v) is 8.01. The topological polar surface area (TPSA) is 85.2 Å². The van der Waals surface area contributed by atoms with Crippen LogP contribution in [0.2, 0.25) is 0 Å². The van der Waals surface area contributed by atoms with Crippen molar-refractivity contribution in [1.82, 2.24) is 30.4 Å². The molecule has 0 radical (unpaired) electrons. The molecular formula is C20H30N6O2. The maximum atomic E-state index is 12.9. The van der Waals surface area contributed by atoms with E-state index in [2.05, 4.69) is 58.6 Å². The number of amides is 1. The molecule has 2 aromatic rings. The lowest BCUT2D eigenvalue weighted by atomic mass is 10.0. The Bertz CT molecular complexity index is 805. The van der Waals surface area contributed by atoms with Gasteiger partial charge in [0.25, 0.3) is 0 Å². The predicted molar refractivity (Wildman–Crippen MR) is 106 cm³/mol. The average molecular weight is 387 g/mol. The summed E-state index contributed by atoms with van der Waals surface area (Å²) in [6.07, 6.45) is 2.32. The first-order valence-corrected chi connectivity index (χ1v) is 9.77.